The summed E-state index contributed by atoms with van der Waals surface area (Å²) < 4.78 is 37.9. The van der Waals surface area contributed by atoms with Gasteiger partial charge in [-0.2, -0.15) is 13.2 Å². The number of carboxylic acids is 1. The van der Waals surface area contributed by atoms with Gasteiger partial charge in [0.25, 0.3) is 0 Å². The fraction of sp³-hybridized carbons (Fsp3) is 0.308. The van der Waals surface area contributed by atoms with E-state index in [4.69, 9.17) is 0 Å². The Bertz CT molecular complexity index is 495. The Morgan fingerprint density at radius 3 is 2.33 bits per heavy atom. The first-order valence-electron chi connectivity index (χ1n) is 5.42. The number of halogens is 3. The summed E-state index contributed by atoms with van der Waals surface area (Å²) >= 11 is 0. The lowest BCUT2D eigenvalue weighted by molar-refractivity contribution is -0.144. The van der Waals surface area contributed by atoms with Crippen molar-refractivity contribution in [2.75, 3.05) is 0 Å². The Labute approximate surface area is 102 Å². The summed E-state index contributed by atoms with van der Waals surface area (Å²) in [6.07, 6.45) is -0.627. The zero-order chi connectivity index (χ0) is 13.4. The molecule has 0 unspecified atom stereocenters. The molecule has 0 saturated carbocycles. The van der Waals surface area contributed by atoms with E-state index in [0.29, 0.717) is 0 Å². The lowest BCUT2D eigenvalue weighted by atomic mass is 9.78. The van der Waals surface area contributed by atoms with Gasteiger partial charge in [-0.25, -0.2) is 0 Å². The normalized spacial score (nSPS) is 17.9. The number of carbonyl (C=O) groups is 1. The van der Waals surface area contributed by atoms with E-state index in [1.54, 1.807) is 12.2 Å². The molecule has 0 amide bonds. The fourth-order valence-electron chi connectivity index (χ4n) is 2.18. The van der Waals surface area contributed by atoms with E-state index in [2.05, 4.69) is 0 Å². The summed E-state index contributed by atoms with van der Waals surface area (Å²) in [4.78, 5) is 11.4. The molecule has 0 spiro atoms. The van der Waals surface area contributed by atoms with Gasteiger partial charge in [0, 0.05) is 0 Å². The molecule has 0 aliphatic heterocycles. The molecular weight excluding hydrogens is 245 g/mol. The molecule has 0 bridgehead atoms. The van der Waals surface area contributed by atoms with Gasteiger partial charge in [-0.1, -0.05) is 30.4 Å². The fourth-order valence-corrected chi connectivity index (χ4v) is 2.18. The number of aliphatic carboxylic acids is 1. The van der Waals surface area contributed by atoms with E-state index in [9.17, 15) is 23.1 Å². The lowest BCUT2D eigenvalue weighted by Gasteiger charge is -2.25. The van der Waals surface area contributed by atoms with Crippen LogP contribution in [-0.4, -0.2) is 11.1 Å². The smallest absolute Gasteiger partial charge is 0.416 e. The van der Waals surface area contributed by atoms with E-state index >= 15 is 0 Å². The molecule has 0 aromatic heterocycles. The van der Waals surface area contributed by atoms with Gasteiger partial charge >= 0.3 is 12.1 Å². The maximum atomic E-state index is 12.6. The van der Waals surface area contributed by atoms with Crippen LogP contribution < -0.4 is 0 Å². The second kappa shape index (κ2) is 4.15. The zero-order valence-electron chi connectivity index (χ0n) is 9.37. The van der Waals surface area contributed by atoms with Gasteiger partial charge in [0.15, 0.2) is 0 Å². The van der Waals surface area contributed by atoms with Gasteiger partial charge in [-0.3, -0.25) is 4.79 Å². The van der Waals surface area contributed by atoms with Gasteiger partial charge < -0.3 is 5.11 Å². The Morgan fingerprint density at radius 1 is 1.22 bits per heavy atom. The molecule has 0 radical (unpaired) electrons. The summed E-state index contributed by atoms with van der Waals surface area (Å²) in [5, 5.41) is 9.29. The second-order valence-corrected chi connectivity index (χ2v) is 4.35. The third-order valence-corrected chi connectivity index (χ3v) is 3.25. The standard InChI is InChI=1S/C13H11F3O2/c14-13(15,16)10-5-3-4-9(8-10)12(11(17)18)6-1-2-7-12/h1-5,8H,6-7H2,(H,17,18). The molecule has 96 valence electrons. The topological polar surface area (TPSA) is 37.3 Å². The number of allylic oxidation sites excluding steroid dienone is 2. The van der Waals surface area contributed by atoms with E-state index in [1.165, 1.54) is 12.1 Å². The summed E-state index contributed by atoms with van der Waals surface area (Å²) in [5.74, 6) is -1.09. The van der Waals surface area contributed by atoms with Crippen molar-refractivity contribution >= 4 is 5.97 Å². The first-order chi connectivity index (χ1) is 8.36. The van der Waals surface area contributed by atoms with Crippen LogP contribution in [0.2, 0.25) is 0 Å². The number of carboxylic acid groups (broad SMARTS) is 1. The summed E-state index contributed by atoms with van der Waals surface area (Å²) in [7, 11) is 0. The summed E-state index contributed by atoms with van der Waals surface area (Å²) in [5.41, 5.74) is -1.86. The average molecular weight is 256 g/mol. The second-order valence-electron chi connectivity index (χ2n) is 4.35. The molecule has 0 fully saturated rings. The molecule has 1 aliphatic carbocycles. The molecular formula is C13H11F3O2. The van der Waals surface area contributed by atoms with Crippen LogP contribution in [0.5, 0.6) is 0 Å². The van der Waals surface area contributed by atoms with E-state index in [0.717, 1.165) is 12.1 Å². The highest BCUT2D eigenvalue weighted by Gasteiger charge is 2.42. The minimum Gasteiger partial charge on any atom is -0.481 e. The van der Waals surface area contributed by atoms with Crippen LogP contribution in [-0.2, 0) is 16.4 Å². The largest absolute Gasteiger partial charge is 0.481 e. The van der Waals surface area contributed by atoms with Crippen LogP contribution in [0, 0.1) is 0 Å². The Hall–Kier alpha value is -1.78. The van der Waals surface area contributed by atoms with Crippen LogP contribution in [0.25, 0.3) is 0 Å². The maximum Gasteiger partial charge on any atom is 0.416 e. The van der Waals surface area contributed by atoms with Crippen molar-refractivity contribution in [3.05, 3.63) is 47.5 Å². The minimum atomic E-state index is -4.46. The van der Waals surface area contributed by atoms with E-state index in [-0.39, 0.29) is 18.4 Å². The quantitative estimate of drug-likeness (QED) is 0.823. The molecule has 0 heterocycles. The first kappa shape index (κ1) is 12.7. The van der Waals surface area contributed by atoms with Crippen molar-refractivity contribution in [2.24, 2.45) is 0 Å². The van der Waals surface area contributed by atoms with Gasteiger partial charge in [0.2, 0.25) is 0 Å². The van der Waals surface area contributed by atoms with Crippen molar-refractivity contribution in [1.82, 2.24) is 0 Å². The van der Waals surface area contributed by atoms with Gasteiger partial charge in [0.05, 0.1) is 11.0 Å². The molecule has 2 rings (SSSR count). The van der Waals surface area contributed by atoms with Crippen molar-refractivity contribution in [1.29, 1.82) is 0 Å². The highest BCUT2D eigenvalue weighted by molar-refractivity contribution is 5.82. The number of hydrogen-bond donors (Lipinski definition) is 1. The number of hydrogen-bond acceptors (Lipinski definition) is 1. The van der Waals surface area contributed by atoms with E-state index in [1.807, 2.05) is 0 Å². The van der Waals surface area contributed by atoms with Crippen LogP contribution in [0.15, 0.2) is 36.4 Å². The van der Waals surface area contributed by atoms with Gasteiger partial charge in [-0.15, -0.1) is 0 Å². The molecule has 5 heteroatoms. The summed E-state index contributed by atoms with van der Waals surface area (Å²) in [6, 6.07) is 4.57. The third-order valence-electron chi connectivity index (χ3n) is 3.25. The molecule has 1 aromatic carbocycles. The molecule has 1 N–H and O–H groups in total. The van der Waals surface area contributed by atoms with Crippen molar-refractivity contribution in [2.45, 2.75) is 24.4 Å². The highest BCUT2D eigenvalue weighted by atomic mass is 19.4. The van der Waals surface area contributed by atoms with Crippen molar-refractivity contribution in [3.63, 3.8) is 0 Å². The molecule has 0 atom stereocenters. The molecule has 0 saturated heterocycles. The Morgan fingerprint density at radius 2 is 1.83 bits per heavy atom. The number of benzene rings is 1. The first-order valence-corrected chi connectivity index (χ1v) is 5.42. The molecule has 2 nitrogen and oxygen atoms in total. The van der Waals surface area contributed by atoms with Crippen molar-refractivity contribution < 1.29 is 23.1 Å². The SMILES string of the molecule is O=C(O)C1(c2cccc(C(F)(F)F)c2)CC=CC1. The monoisotopic (exact) mass is 256 g/mol. The minimum absolute atomic E-state index is 0.204. The summed E-state index contributed by atoms with van der Waals surface area (Å²) in [6.45, 7) is 0. The third kappa shape index (κ3) is 2.00. The molecule has 1 aromatic rings. The predicted octanol–water partition coefficient (Wildman–Crippen LogP) is 3.38. The predicted molar refractivity (Wildman–Crippen MR) is 59.1 cm³/mol. The highest BCUT2D eigenvalue weighted by Crippen LogP contribution is 2.39. The van der Waals surface area contributed by atoms with Gasteiger partial charge in [0.1, 0.15) is 0 Å². The number of alkyl halides is 3. The molecule has 18 heavy (non-hydrogen) atoms. The van der Waals surface area contributed by atoms with Crippen LogP contribution >= 0.6 is 0 Å². The Balaban J connectivity index is 2.47. The average Bonchev–Trinajstić information content (AvgIpc) is 2.78. The van der Waals surface area contributed by atoms with Crippen molar-refractivity contribution in [3.8, 4) is 0 Å². The number of rotatable bonds is 2. The van der Waals surface area contributed by atoms with Crippen LogP contribution in [0.1, 0.15) is 24.0 Å². The van der Waals surface area contributed by atoms with Crippen LogP contribution in [0.3, 0.4) is 0 Å². The maximum absolute atomic E-state index is 12.6. The van der Waals surface area contributed by atoms with Gasteiger partial charge in [-0.05, 0) is 24.5 Å². The Kier molecular flexibility index (Phi) is 2.92. The lowest BCUT2D eigenvalue weighted by Crippen LogP contribution is -2.33. The molecule has 1 aliphatic rings. The van der Waals surface area contributed by atoms with E-state index < -0.39 is 23.1 Å². The van der Waals surface area contributed by atoms with Crippen LogP contribution in [0.4, 0.5) is 13.2 Å². The zero-order valence-corrected chi connectivity index (χ0v) is 9.37.